The summed E-state index contributed by atoms with van der Waals surface area (Å²) in [5.74, 6) is 0.856. The van der Waals surface area contributed by atoms with E-state index in [-0.39, 0.29) is 6.04 Å². The summed E-state index contributed by atoms with van der Waals surface area (Å²) in [6.45, 7) is 3.39. The van der Waals surface area contributed by atoms with Crippen molar-refractivity contribution in [3.8, 4) is 5.75 Å². The number of piperidine rings is 1. The van der Waals surface area contributed by atoms with Crippen molar-refractivity contribution in [3.05, 3.63) is 102 Å². The van der Waals surface area contributed by atoms with Gasteiger partial charge in [0.2, 0.25) is 0 Å². The monoisotopic (exact) mass is 440 g/mol. The molecule has 4 aromatic rings. The third-order valence-electron chi connectivity index (χ3n) is 6.64. The summed E-state index contributed by atoms with van der Waals surface area (Å²) in [6.07, 6.45) is 5.35. The number of fused-ring (bicyclic) bond motifs is 1. The van der Waals surface area contributed by atoms with Crippen LogP contribution in [0.15, 0.2) is 91.1 Å². The SMILES string of the molecule is OC(CN1CCCCC1)C(c1ccccc1)n1ccc2cc(OCc3ccccc3)ccc21. The number of nitrogens with zero attached hydrogens (tertiary/aromatic N) is 2. The zero-order valence-electron chi connectivity index (χ0n) is 19.0. The number of hydrogen-bond donors (Lipinski definition) is 1. The maximum atomic E-state index is 11.4. The van der Waals surface area contributed by atoms with Gasteiger partial charge in [-0.2, -0.15) is 0 Å². The average molecular weight is 441 g/mol. The van der Waals surface area contributed by atoms with Gasteiger partial charge in [-0.25, -0.2) is 0 Å². The Bertz CT molecular complexity index is 1150. The fourth-order valence-electron chi connectivity index (χ4n) is 4.94. The lowest BCUT2D eigenvalue weighted by atomic mass is 9.99. The molecule has 0 radical (unpaired) electrons. The zero-order valence-corrected chi connectivity index (χ0v) is 19.0. The number of rotatable bonds is 8. The molecule has 1 fully saturated rings. The second-order valence-electron chi connectivity index (χ2n) is 9.00. The number of aliphatic hydroxyl groups excluding tert-OH is 1. The van der Waals surface area contributed by atoms with Gasteiger partial charge in [-0.3, -0.25) is 0 Å². The van der Waals surface area contributed by atoms with Gasteiger partial charge in [0.1, 0.15) is 12.4 Å². The summed E-state index contributed by atoms with van der Waals surface area (Å²) in [5.41, 5.74) is 3.39. The Kier molecular flexibility index (Phi) is 6.75. The second-order valence-corrected chi connectivity index (χ2v) is 9.00. The van der Waals surface area contributed by atoms with Crippen LogP contribution in [0.5, 0.6) is 5.75 Å². The predicted molar refractivity (Wildman–Crippen MR) is 134 cm³/mol. The second kappa shape index (κ2) is 10.2. The molecule has 2 unspecified atom stereocenters. The summed E-state index contributed by atoms with van der Waals surface area (Å²) in [4.78, 5) is 2.41. The molecule has 1 saturated heterocycles. The standard InChI is InChI=1S/C29H32N2O2/c32-28(21-30-17-8-3-9-18-30)29(24-12-6-2-7-13-24)31-19-16-25-20-26(14-15-27(25)31)33-22-23-10-4-1-5-11-23/h1-2,4-7,10-16,19-20,28-29,32H,3,8-9,17-18,21-22H2. The molecule has 2 heterocycles. The number of ether oxygens (including phenoxy) is 1. The van der Waals surface area contributed by atoms with Crippen LogP contribution in [0, 0.1) is 0 Å². The lowest BCUT2D eigenvalue weighted by molar-refractivity contribution is 0.0737. The quantitative estimate of drug-likeness (QED) is 0.384. The zero-order chi connectivity index (χ0) is 22.5. The molecule has 0 amide bonds. The minimum absolute atomic E-state index is 0.137. The number of aromatic nitrogens is 1. The lowest BCUT2D eigenvalue weighted by Crippen LogP contribution is -2.40. The predicted octanol–water partition coefficient (Wildman–Crippen LogP) is 5.66. The number of aliphatic hydroxyl groups is 1. The van der Waals surface area contributed by atoms with Crippen LogP contribution < -0.4 is 4.74 Å². The van der Waals surface area contributed by atoms with Crippen molar-refractivity contribution in [2.45, 2.75) is 38.0 Å². The van der Waals surface area contributed by atoms with E-state index in [1.165, 1.54) is 19.3 Å². The third kappa shape index (κ3) is 5.13. The summed E-state index contributed by atoms with van der Waals surface area (Å²) >= 11 is 0. The molecule has 1 N–H and O–H groups in total. The highest BCUT2D eigenvalue weighted by Crippen LogP contribution is 2.31. The first-order valence-electron chi connectivity index (χ1n) is 12.0. The van der Waals surface area contributed by atoms with Gasteiger partial charge < -0.3 is 19.3 Å². The fraction of sp³-hybridized carbons (Fsp3) is 0.310. The van der Waals surface area contributed by atoms with Gasteiger partial charge in [-0.15, -0.1) is 0 Å². The van der Waals surface area contributed by atoms with Crippen LogP contribution in [0.25, 0.3) is 10.9 Å². The first-order chi connectivity index (χ1) is 16.3. The van der Waals surface area contributed by atoms with E-state index in [0.717, 1.165) is 40.9 Å². The molecule has 0 saturated carbocycles. The van der Waals surface area contributed by atoms with Gasteiger partial charge in [0, 0.05) is 23.6 Å². The highest BCUT2D eigenvalue weighted by atomic mass is 16.5. The summed E-state index contributed by atoms with van der Waals surface area (Å²) < 4.78 is 8.26. The molecule has 33 heavy (non-hydrogen) atoms. The van der Waals surface area contributed by atoms with Crippen molar-refractivity contribution in [3.63, 3.8) is 0 Å². The van der Waals surface area contributed by atoms with Gasteiger partial charge in [0.25, 0.3) is 0 Å². The Hall–Kier alpha value is -3.08. The van der Waals surface area contributed by atoms with Crippen LogP contribution in [0.2, 0.25) is 0 Å². The molecule has 0 bridgehead atoms. The molecule has 2 atom stereocenters. The number of hydrogen-bond acceptors (Lipinski definition) is 3. The van der Waals surface area contributed by atoms with Gasteiger partial charge >= 0.3 is 0 Å². The van der Waals surface area contributed by atoms with E-state index in [2.05, 4.69) is 70.3 Å². The van der Waals surface area contributed by atoms with Gasteiger partial charge in [-0.05, 0) is 61.3 Å². The Morgan fingerprint density at radius 3 is 2.30 bits per heavy atom. The fourth-order valence-corrected chi connectivity index (χ4v) is 4.94. The molecule has 4 nitrogen and oxygen atoms in total. The molecule has 3 aromatic carbocycles. The van der Waals surface area contributed by atoms with E-state index < -0.39 is 6.10 Å². The maximum absolute atomic E-state index is 11.4. The van der Waals surface area contributed by atoms with Crippen molar-refractivity contribution in [2.75, 3.05) is 19.6 Å². The maximum Gasteiger partial charge on any atom is 0.120 e. The van der Waals surface area contributed by atoms with Gasteiger partial charge in [-0.1, -0.05) is 67.1 Å². The van der Waals surface area contributed by atoms with Crippen LogP contribution in [0.4, 0.5) is 0 Å². The smallest absolute Gasteiger partial charge is 0.120 e. The van der Waals surface area contributed by atoms with E-state index in [1.807, 2.05) is 30.3 Å². The van der Waals surface area contributed by atoms with Crippen molar-refractivity contribution < 1.29 is 9.84 Å². The first kappa shape index (κ1) is 21.7. The lowest BCUT2D eigenvalue weighted by Gasteiger charge is -2.33. The molecule has 1 aliphatic heterocycles. The van der Waals surface area contributed by atoms with E-state index in [0.29, 0.717) is 13.2 Å². The molecule has 1 aromatic heterocycles. The molecular formula is C29H32N2O2. The third-order valence-corrected chi connectivity index (χ3v) is 6.64. The Balaban J connectivity index is 1.40. The average Bonchev–Trinajstić information content (AvgIpc) is 3.28. The normalized spacial score (nSPS) is 16.5. The molecular weight excluding hydrogens is 408 g/mol. The Morgan fingerprint density at radius 2 is 1.55 bits per heavy atom. The molecule has 5 rings (SSSR count). The summed E-state index contributed by atoms with van der Waals surface area (Å²) in [6, 6.07) is 28.8. The summed E-state index contributed by atoms with van der Waals surface area (Å²) in [5, 5.41) is 12.5. The molecule has 1 aliphatic rings. The van der Waals surface area contributed by atoms with Gasteiger partial charge in [0.15, 0.2) is 0 Å². The first-order valence-corrected chi connectivity index (χ1v) is 12.0. The van der Waals surface area contributed by atoms with Crippen LogP contribution in [-0.2, 0) is 6.61 Å². The van der Waals surface area contributed by atoms with Crippen molar-refractivity contribution in [2.24, 2.45) is 0 Å². The van der Waals surface area contributed by atoms with Crippen LogP contribution in [-0.4, -0.2) is 40.3 Å². The van der Waals surface area contributed by atoms with Crippen molar-refractivity contribution in [1.82, 2.24) is 9.47 Å². The van der Waals surface area contributed by atoms with E-state index in [4.69, 9.17) is 4.74 Å². The van der Waals surface area contributed by atoms with Crippen LogP contribution in [0.3, 0.4) is 0 Å². The Labute approximate surface area is 196 Å². The van der Waals surface area contributed by atoms with Crippen molar-refractivity contribution in [1.29, 1.82) is 0 Å². The molecule has 0 spiro atoms. The minimum Gasteiger partial charge on any atom is -0.489 e. The topological polar surface area (TPSA) is 37.6 Å². The molecule has 4 heteroatoms. The van der Waals surface area contributed by atoms with Crippen molar-refractivity contribution >= 4 is 10.9 Å². The highest BCUT2D eigenvalue weighted by molar-refractivity contribution is 5.82. The minimum atomic E-state index is -0.491. The number of likely N-dealkylation sites (tertiary alicyclic amines) is 1. The number of benzene rings is 3. The number of β-amino-alcohol motifs (C(OH)–C–C–N with tert-alkyl or cyclic N) is 1. The van der Waals surface area contributed by atoms with Crippen LogP contribution >= 0.6 is 0 Å². The van der Waals surface area contributed by atoms with E-state index >= 15 is 0 Å². The Morgan fingerprint density at radius 1 is 0.818 bits per heavy atom. The largest absolute Gasteiger partial charge is 0.489 e. The molecule has 170 valence electrons. The highest BCUT2D eigenvalue weighted by Gasteiger charge is 2.26. The molecule has 0 aliphatic carbocycles. The van der Waals surface area contributed by atoms with E-state index in [9.17, 15) is 5.11 Å². The summed E-state index contributed by atoms with van der Waals surface area (Å²) in [7, 11) is 0. The van der Waals surface area contributed by atoms with Gasteiger partial charge in [0.05, 0.1) is 12.1 Å². The van der Waals surface area contributed by atoms with Crippen LogP contribution in [0.1, 0.15) is 36.4 Å². The van der Waals surface area contributed by atoms with E-state index in [1.54, 1.807) is 0 Å².